The number of hydrogen-bond donors (Lipinski definition) is 0. The van der Waals surface area contributed by atoms with Gasteiger partial charge in [0.2, 0.25) is 0 Å². The van der Waals surface area contributed by atoms with Gasteiger partial charge in [-0.1, -0.05) is 44.2 Å². The number of benzene rings is 1. The van der Waals surface area contributed by atoms with Crippen LogP contribution < -0.4 is 0 Å². The van der Waals surface area contributed by atoms with Gasteiger partial charge in [-0.2, -0.15) is 0 Å². The lowest BCUT2D eigenvalue weighted by Gasteiger charge is -2.36. The first kappa shape index (κ1) is 21.0. The Hall–Kier alpha value is -2.04. The molecule has 0 radical (unpaired) electrons. The smallest absolute Gasteiger partial charge is 0.411 e. The Kier molecular flexibility index (Phi) is 7.46. The van der Waals surface area contributed by atoms with Crippen LogP contribution in [0.15, 0.2) is 30.3 Å². The van der Waals surface area contributed by atoms with Crippen molar-refractivity contribution in [1.29, 1.82) is 0 Å². The lowest BCUT2D eigenvalue weighted by molar-refractivity contribution is -0.163. The van der Waals surface area contributed by atoms with E-state index in [-0.39, 0.29) is 18.6 Å². The van der Waals surface area contributed by atoms with Crippen molar-refractivity contribution < 1.29 is 19.1 Å². The van der Waals surface area contributed by atoms with E-state index >= 15 is 0 Å². The monoisotopic (exact) mass is 349 g/mol. The molecule has 5 nitrogen and oxygen atoms in total. The van der Waals surface area contributed by atoms with E-state index in [1.165, 1.54) is 4.90 Å². The molecule has 0 aliphatic rings. The zero-order chi connectivity index (χ0) is 19.2. The topological polar surface area (TPSA) is 55.8 Å². The van der Waals surface area contributed by atoms with Crippen LogP contribution in [0.1, 0.15) is 54.0 Å². The average Bonchev–Trinajstić information content (AvgIpc) is 2.48. The summed E-state index contributed by atoms with van der Waals surface area (Å²) >= 11 is 0. The Labute approximate surface area is 151 Å². The molecule has 140 valence electrons. The van der Waals surface area contributed by atoms with Crippen molar-refractivity contribution in [3.63, 3.8) is 0 Å². The molecule has 0 aliphatic carbocycles. The molecule has 0 saturated carbocycles. The van der Waals surface area contributed by atoms with Crippen LogP contribution in [0.25, 0.3) is 0 Å². The van der Waals surface area contributed by atoms with Gasteiger partial charge in [0.1, 0.15) is 18.2 Å². The van der Waals surface area contributed by atoms with E-state index in [9.17, 15) is 9.59 Å². The van der Waals surface area contributed by atoms with Crippen molar-refractivity contribution in [2.45, 2.75) is 72.8 Å². The fourth-order valence-electron chi connectivity index (χ4n) is 2.51. The average molecular weight is 349 g/mol. The van der Waals surface area contributed by atoms with E-state index in [4.69, 9.17) is 9.47 Å². The highest BCUT2D eigenvalue weighted by molar-refractivity contribution is 5.82. The predicted molar refractivity (Wildman–Crippen MR) is 98.1 cm³/mol. The first-order chi connectivity index (χ1) is 11.5. The van der Waals surface area contributed by atoms with Crippen LogP contribution in [-0.4, -0.2) is 34.6 Å². The van der Waals surface area contributed by atoms with E-state index in [1.807, 2.05) is 78.8 Å². The molecule has 0 aliphatic heterocycles. The first-order valence-electron chi connectivity index (χ1n) is 8.74. The van der Waals surface area contributed by atoms with Gasteiger partial charge in [0.05, 0.1) is 0 Å². The lowest BCUT2D eigenvalue weighted by Crippen LogP contribution is -2.53. The Bertz CT molecular complexity index is 561. The van der Waals surface area contributed by atoms with Gasteiger partial charge >= 0.3 is 12.1 Å². The molecule has 1 atom stereocenters. The second-order valence-corrected chi connectivity index (χ2v) is 7.76. The van der Waals surface area contributed by atoms with Crippen molar-refractivity contribution >= 4 is 12.1 Å². The summed E-state index contributed by atoms with van der Waals surface area (Å²) in [6.45, 7) is 13.1. The number of nitrogens with zero attached hydrogens (tertiary/aromatic N) is 1. The molecule has 0 heterocycles. The summed E-state index contributed by atoms with van der Waals surface area (Å²) in [6, 6.07) is 8.58. The summed E-state index contributed by atoms with van der Waals surface area (Å²) in [7, 11) is 0. The molecule has 0 spiro atoms. The molecule has 0 unspecified atom stereocenters. The summed E-state index contributed by atoms with van der Waals surface area (Å²) in [5.74, 6) is -0.505. The van der Waals surface area contributed by atoms with Crippen molar-refractivity contribution in [2.24, 2.45) is 5.92 Å². The molecule has 0 saturated heterocycles. The van der Waals surface area contributed by atoms with Gasteiger partial charge in [-0.3, -0.25) is 4.90 Å². The fraction of sp³-hybridized carbons (Fsp3) is 0.600. The van der Waals surface area contributed by atoms with Crippen molar-refractivity contribution in [3.05, 3.63) is 35.9 Å². The Morgan fingerprint density at radius 1 is 1.04 bits per heavy atom. The number of amides is 1. The van der Waals surface area contributed by atoms with Gasteiger partial charge in [-0.15, -0.1) is 0 Å². The fourth-order valence-corrected chi connectivity index (χ4v) is 2.51. The number of carbonyl (C=O) groups excluding carboxylic acids is 2. The largest absolute Gasteiger partial charge is 0.458 e. The Morgan fingerprint density at radius 2 is 1.60 bits per heavy atom. The van der Waals surface area contributed by atoms with Gasteiger partial charge in [0.15, 0.2) is 0 Å². The van der Waals surface area contributed by atoms with E-state index in [0.717, 1.165) is 5.56 Å². The van der Waals surface area contributed by atoms with E-state index in [0.29, 0.717) is 0 Å². The summed E-state index contributed by atoms with van der Waals surface area (Å²) in [5, 5.41) is 0. The van der Waals surface area contributed by atoms with Crippen molar-refractivity contribution in [1.82, 2.24) is 4.90 Å². The minimum Gasteiger partial charge on any atom is -0.458 e. The number of rotatable bonds is 6. The Morgan fingerprint density at radius 3 is 2.04 bits per heavy atom. The van der Waals surface area contributed by atoms with Gasteiger partial charge in [-0.25, -0.2) is 9.59 Å². The third-order valence-corrected chi connectivity index (χ3v) is 3.55. The SMILES string of the molecule is CC(C)[C@H](C(=O)OC(C)(C)C)N(C(=O)OCc1ccccc1)C(C)C. The molecular weight excluding hydrogens is 318 g/mol. The minimum absolute atomic E-state index is 0.0958. The van der Waals surface area contributed by atoms with Crippen LogP contribution in [0.4, 0.5) is 4.79 Å². The molecule has 1 aromatic rings. The van der Waals surface area contributed by atoms with E-state index < -0.39 is 23.7 Å². The Balaban J connectivity index is 2.92. The highest BCUT2D eigenvalue weighted by Gasteiger charge is 2.38. The van der Waals surface area contributed by atoms with Crippen LogP contribution in [0, 0.1) is 5.92 Å². The maximum absolute atomic E-state index is 12.7. The minimum atomic E-state index is -0.692. The zero-order valence-electron chi connectivity index (χ0n) is 16.4. The van der Waals surface area contributed by atoms with E-state index in [1.54, 1.807) is 0 Å². The predicted octanol–water partition coefficient (Wildman–Crippen LogP) is 4.40. The highest BCUT2D eigenvalue weighted by Crippen LogP contribution is 2.21. The molecule has 0 fully saturated rings. The van der Waals surface area contributed by atoms with Crippen LogP contribution in [0.3, 0.4) is 0 Å². The molecule has 0 aromatic heterocycles. The molecule has 1 amide bonds. The first-order valence-corrected chi connectivity index (χ1v) is 8.74. The number of carbonyl (C=O) groups is 2. The quantitative estimate of drug-likeness (QED) is 0.714. The second-order valence-electron chi connectivity index (χ2n) is 7.76. The van der Waals surface area contributed by atoms with Gasteiger partial charge < -0.3 is 9.47 Å². The van der Waals surface area contributed by atoms with Gasteiger partial charge in [-0.05, 0) is 46.1 Å². The lowest BCUT2D eigenvalue weighted by atomic mass is 10.0. The maximum atomic E-state index is 12.7. The summed E-state index contributed by atoms with van der Waals surface area (Å²) < 4.78 is 11.0. The molecule has 0 bridgehead atoms. The molecule has 5 heteroatoms. The van der Waals surface area contributed by atoms with Crippen LogP contribution in [0.2, 0.25) is 0 Å². The second kappa shape index (κ2) is 8.88. The normalized spacial score (nSPS) is 12.8. The van der Waals surface area contributed by atoms with Gasteiger partial charge in [0.25, 0.3) is 0 Å². The summed E-state index contributed by atoms with van der Waals surface area (Å²) in [5.41, 5.74) is 0.291. The summed E-state index contributed by atoms with van der Waals surface area (Å²) in [6.07, 6.45) is -0.511. The molecule has 25 heavy (non-hydrogen) atoms. The molecular formula is C20H31NO4. The van der Waals surface area contributed by atoms with Crippen molar-refractivity contribution in [3.8, 4) is 0 Å². The van der Waals surface area contributed by atoms with Gasteiger partial charge in [0, 0.05) is 6.04 Å². The molecule has 0 N–H and O–H groups in total. The third-order valence-electron chi connectivity index (χ3n) is 3.55. The summed E-state index contributed by atoms with van der Waals surface area (Å²) in [4.78, 5) is 26.8. The number of ether oxygens (including phenoxy) is 2. The standard InChI is InChI=1S/C20H31NO4/c1-14(2)17(18(22)25-20(5,6)7)21(15(3)4)19(23)24-13-16-11-9-8-10-12-16/h8-12,14-15,17H,13H2,1-7H3/t17-/m1/s1. The van der Waals surface area contributed by atoms with Crippen molar-refractivity contribution in [2.75, 3.05) is 0 Å². The molecule has 1 aromatic carbocycles. The van der Waals surface area contributed by atoms with Crippen LogP contribution in [-0.2, 0) is 20.9 Å². The number of esters is 1. The third kappa shape index (κ3) is 6.77. The molecule has 1 rings (SSSR count). The van der Waals surface area contributed by atoms with Crippen LogP contribution in [0.5, 0.6) is 0 Å². The zero-order valence-corrected chi connectivity index (χ0v) is 16.4. The highest BCUT2D eigenvalue weighted by atomic mass is 16.6. The van der Waals surface area contributed by atoms with Crippen LogP contribution >= 0.6 is 0 Å². The van der Waals surface area contributed by atoms with E-state index in [2.05, 4.69) is 0 Å². The maximum Gasteiger partial charge on any atom is 0.411 e. The number of hydrogen-bond acceptors (Lipinski definition) is 4.